The van der Waals surface area contributed by atoms with Gasteiger partial charge in [0, 0.05) is 15.5 Å². The number of amides is 1. The number of fused-ring (bicyclic) bond motifs is 1. The molecular weight excluding hydrogens is 496 g/mol. The average molecular weight is 521 g/mol. The fourth-order valence-corrected chi connectivity index (χ4v) is 5.46. The highest BCUT2D eigenvalue weighted by Gasteiger charge is 2.27. The van der Waals surface area contributed by atoms with Gasteiger partial charge in [0.25, 0.3) is 5.91 Å². The lowest BCUT2D eigenvalue weighted by Crippen LogP contribution is -2.16. The van der Waals surface area contributed by atoms with Crippen molar-refractivity contribution < 1.29 is 19.1 Å². The highest BCUT2D eigenvalue weighted by molar-refractivity contribution is 7.17. The number of nitrogens with zero attached hydrogens (tertiary/aromatic N) is 1. The minimum absolute atomic E-state index is 0.0686. The molecule has 1 amide bonds. The molecule has 6 nitrogen and oxygen atoms in total. The Kier molecular flexibility index (Phi) is 8.42. The molecule has 4 rings (SSSR count). The number of hydrogen-bond acceptors (Lipinski definition) is 6. The number of carbonyl (C=O) groups excluding carboxylic acids is 2. The van der Waals surface area contributed by atoms with Crippen LogP contribution in [0.4, 0.5) is 5.00 Å². The molecule has 1 heterocycles. The van der Waals surface area contributed by atoms with Crippen LogP contribution in [0.5, 0.6) is 5.75 Å². The molecule has 0 unspecified atom stereocenters. The molecule has 0 saturated carbocycles. The zero-order chi connectivity index (χ0) is 25.5. The Morgan fingerprint density at radius 1 is 1.14 bits per heavy atom. The molecule has 184 valence electrons. The van der Waals surface area contributed by atoms with Crippen LogP contribution in [0.2, 0.25) is 5.02 Å². The van der Waals surface area contributed by atoms with Crippen LogP contribution >= 0.6 is 22.9 Å². The van der Waals surface area contributed by atoms with E-state index in [2.05, 4.69) is 5.32 Å². The van der Waals surface area contributed by atoms with E-state index in [0.29, 0.717) is 33.5 Å². The van der Waals surface area contributed by atoms with Crippen molar-refractivity contribution in [1.29, 1.82) is 5.26 Å². The van der Waals surface area contributed by atoms with Crippen LogP contribution in [0.3, 0.4) is 0 Å². The normalized spacial score (nSPS) is 12.9. The molecule has 36 heavy (non-hydrogen) atoms. The zero-order valence-corrected chi connectivity index (χ0v) is 21.4. The van der Waals surface area contributed by atoms with Crippen LogP contribution < -0.4 is 10.1 Å². The average Bonchev–Trinajstić information content (AvgIpc) is 3.25. The van der Waals surface area contributed by atoms with Crippen LogP contribution in [0.15, 0.2) is 54.1 Å². The van der Waals surface area contributed by atoms with Gasteiger partial charge >= 0.3 is 5.97 Å². The largest absolute Gasteiger partial charge is 0.489 e. The van der Waals surface area contributed by atoms with Gasteiger partial charge in [-0.3, -0.25) is 4.79 Å². The second-order valence-electron chi connectivity index (χ2n) is 8.21. The van der Waals surface area contributed by atoms with Gasteiger partial charge in [0.2, 0.25) is 0 Å². The van der Waals surface area contributed by atoms with Crippen LogP contribution in [-0.2, 0) is 29.0 Å². The first-order valence-corrected chi connectivity index (χ1v) is 12.9. The quantitative estimate of drug-likeness (QED) is 0.206. The molecule has 1 aromatic heterocycles. The van der Waals surface area contributed by atoms with Gasteiger partial charge in [0.15, 0.2) is 0 Å². The van der Waals surface area contributed by atoms with Crippen molar-refractivity contribution in [2.45, 2.75) is 39.2 Å². The molecule has 0 bridgehead atoms. The Bertz CT molecular complexity index is 1340. The second kappa shape index (κ2) is 11.9. The third kappa shape index (κ3) is 5.96. The number of anilines is 1. The Morgan fingerprint density at radius 3 is 2.61 bits per heavy atom. The Morgan fingerprint density at radius 2 is 1.89 bits per heavy atom. The fraction of sp³-hybridized carbons (Fsp3) is 0.250. The summed E-state index contributed by atoms with van der Waals surface area (Å²) in [6.07, 6.45) is 5.19. The summed E-state index contributed by atoms with van der Waals surface area (Å²) in [7, 11) is 0. The number of benzene rings is 2. The molecule has 0 saturated heterocycles. The number of aryl methyl sites for hydroxylation is 1. The van der Waals surface area contributed by atoms with Gasteiger partial charge < -0.3 is 14.8 Å². The summed E-state index contributed by atoms with van der Waals surface area (Å²) in [4.78, 5) is 26.7. The lowest BCUT2D eigenvalue weighted by atomic mass is 9.95. The third-order valence-corrected chi connectivity index (χ3v) is 7.36. The van der Waals surface area contributed by atoms with E-state index in [0.717, 1.165) is 41.7 Å². The molecule has 1 aliphatic carbocycles. The summed E-state index contributed by atoms with van der Waals surface area (Å²) in [5, 5.41) is 13.5. The lowest BCUT2D eigenvalue weighted by Gasteiger charge is -2.12. The molecule has 0 radical (unpaired) electrons. The first kappa shape index (κ1) is 25.5. The molecule has 1 aliphatic rings. The van der Waals surface area contributed by atoms with E-state index in [4.69, 9.17) is 21.1 Å². The van der Waals surface area contributed by atoms with E-state index in [9.17, 15) is 14.9 Å². The van der Waals surface area contributed by atoms with Crippen LogP contribution in [0.1, 0.15) is 51.7 Å². The van der Waals surface area contributed by atoms with Crippen molar-refractivity contribution in [3.63, 3.8) is 0 Å². The standard InChI is InChI=1S/C28H25ClN2O4S/c1-2-34-28(33)25-22-8-4-6-10-24(22)36-27(25)31-26(32)20(16-30)15-18-11-13-21(14-12-18)35-17-19-7-3-5-9-23(19)29/h3,5,7,9,11-15H,2,4,6,8,10,17H2,1H3,(H,31,32)/b20-15+. The summed E-state index contributed by atoms with van der Waals surface area (Å²) in [5.41, 5.74) is 2.85. The summed E-state index contributed by atoms with van der Waals surface area (Å²) in [5.74, 6) is -0.374. The maximum atomic E-state index is 13.0. The minimum Gasteiger partial charge on any atom is -0.489 e. The third-order valence-electron chi connectivity index (χ3n) is 5.79. The Hall–Kier alpha value is -3.60. The van der Waals surface area contributed by atoms with Crippen molar-refractivity contribution in [2.24, 2.45) is 0 Å². The number of nitrogens with one attached hydrogen (secondary N) is 1. The number of thiophene rings is 1. The number of halogens is 1. The highest BCUT2D eigenvalue weighted by Crippen LogP contribution is 2.38. The summed E-state index contributed by atoms with van der Waals surface area (Å²) in [6, 6.07) is 16.5. The van der Waals surface area contributed by atoms with Crippen molar-refractivity contribution in [3.05, 3.63) is 86.3 Å². The fourth-order valence-electron chi connectivity index (χ4n) is 4.00. The molecule has 2 aromatic carbocycles. The van der Waals surface area contributed by atoms with Gasteiger partial charge in [0.1, 0.15) is 29.0 Å². The Balaban J connectivity index is 1.48. The minimum atomic E-state index is -0.569. The molecule has 1 N–H and O–H groups in total. The number of rotatable bonds is 8. The van der Waals surface area contributed by atoms with Crippen molar-refractivity contribution >= 4 is 45.9 Å². The second-order valence-corrected chi connectivity index (χ2v) is 9.72. The number of ether oxygens (including phenoxy) is 2. The van der Waals surface area contributed by atoms with Crippen molar-refractivity contribution in [3.8, 4) is 11.8 Å². The number of nitriles is 1. The number of carbonyl (C=O) groups is 2. The molecule has 0 fully saturated rings. The van der Waals surface area contributed by atoms with Gasteiger partial charge in [-0.25, -0.2) is 4.79 Å². The van der Waals surface area contributed by atoms with E-state index < -0.39 is 11.9 Å². The van der Waals surface area contributed by atoms with E-state index >= 15 is 0 Å². The van der Waals surface area contributed by atoms with Gasteiger partial charge in [0.05, 0.1) is 12.2 Å². The Labute approximate surface area is 219 Å². The van der Waals surface area contributed by atoms with Crippen LogP contribution in [-0.4, -0.2) is 18.5 Å². The zero-order valence-electron chi connectivity index (χ0n) is 19.8. The van der Waals surface area contributed by atoms with Gasteiger partial charge in [-0.05, 0) is 68.0 Å². The maximum absolute atomic E-state index is 13.0. The SMILES string of the molecule is CCOC(=O)c1c(NC(=O)/C(C#N)=C/c2ccc(OCc3ccccc3Cl)cc2)sc2c1CCCC2. The summed E-state index contributed by atoms with van der Waals surface area (Å²) >= 11 is 7.56. The summed E-state index contributed by atoms with van der Waals surface area (Å²) < 4.78 is 11.0. The summed E-state index contributed by atoms with van der Waals surface area (Å²) in [6.45, 7) is 2.32. The smallest absolute Gasteiger partial charge is 0.341 e. The highest BCUT2D eigenvalue weighted by atomic mass is 35.5. The molecule has 0 spiro atoms. The number of hydrogen-bond donors (Lipinski definition) is 1. The molecule has 0 aliphatic heterocycles. The predicted octanol–water partition coefficient (Wildman–Crippen LogP) is 6.58. The van der Waals surface area contributed by atoms with Crippen molar-refractivity contribution in [2.75, 3.05) is 11.9 Å². The molecule has 3 aromatic rings. The van der Waals surface area contributed by atoms with Crippen LogP contribution in [0, 0.1) is 11.3 Å². The number of esters is 1. The first-order valence-electron chi connectivity index (χ1n) is 11.7. The first-order chi connectivity index (χ1) is 17.5. The van der Waals surface area contributed by atoms with Gasteiger partial charge in [-0.2, -0.15) is 5.26 Å². The predicted molar refractivity (Wildman–Crippen MR) is 141 cm³/mol. The molecule has 0 atom stereocenters. The molecular formula is C28H25ClN2O4S. The topological polar surface area (TPSA) is 88.4 Å². The van der Waals surface area contributed by atoms with E-state index in [1.165, 1.54) is 17.4 Å². The van der Waals surface area contributed by atoms with E-state index in [1.54, 1.807) is 31.2 Å². The van der Waals surface area contributed by atoms with Gasteiger partial charge in [-0.1, -0.05) is 41.9 Å². The van der Waals surface area contributed by atoms with Gasteiger partial charge in [-0.15, -0.1) is 11.3 Å². The maximum Gasteiger partial charge on any atom is 0.341 e. The van der Waals surface area contributed by atoms with E-state index in [1.807, 2.05) is 30.3 Å². The van der Waals surface area contributed by atoms with Crippen LogP contribution in [0.25, 0.3) is 6.08 Å². The molecule has 8 heteroatoms. The monoisotopic (exact) mass is 520 g/mol. The van der Waals surface area contributed by atoms with E-state index in [-0.39, 0.29) is 12.2 Å². The van der Waals surface area contributed by atoms with Crippen molar-refractivity contribution in [1.82, 2.24) is 0 Å². The lowest BCUT2D eigenvalue weighted by molar-refractivity contribution is -0.112.